The summed E-state index contributed by atoms with van der Waals surface area (Å²) in [6.07, 6.45) is 4.73. The highest BCUT2D eigenvalue weighted by atomic mass is 35.5. The van der Waals surface area contributed by atoms with Crippen LogP contribution in [0.3, 0.4) is 0 Å². The Morgan fingerprint density at radius 2 is 2.06 bits per heavy atom. The molecule has 0 fully saturated rings. The lowest BCUT2D eigenvalue weighted by Gasteiger charge is -2.02. The second-order valence-electron chi connectivity index (χ2n) is 3.19. The van der Waals surface area contributed by atoms with Crippen LogP contribution in [-0.4, -0.2) is 15.9 Å². The first-order chi connectivity index (χ1) is 7.66. The summed E-state index contributed by atoms with van der Waals surface area (Å²) in [6.45, 7) is 0. The number of halogens is 1. The summed E-state index contributed by atoms with van der Waals surface area (Å²) in [5.41, 5.74) is 6.99. The van der Waals surface area contributed by atoms with Crippen LogP contribution in [0.25, 0.3) is 11.1 Å². The first kappa shape index (κ1) is 10.6. The fraction of sp³-hybridized carbons (Fsp3) is 0. The molecule has 0 radical (unpaired) electrons. The monoisotopic (exact) mass is 233 g/mol. The Hall–Kier alpha value is -1.94. The van der Waals surface area contributed by atoms with E-state index in [0.29, 0.717) is 5.02 Å². The molecule has 16 heavy (non-hydrogen) atoms. The van der Waals surface area contributed by atoms with E-state index in [4.69, 9.17) is 17.3 Å². The Balaban J connectivity index is 2.48. The maximum atomic E-state index is 11.0. The lowest BCUT2D eigenvalue weighted by molar-refractivity contribution is 0.0995. The van der Waals surface area contributed by atoms with E-state index >= 15 is 0 Å². The number of nitrogens with zero attached hydrogens (tertiary/aromatic N) is 2. The van der Waals surface area contributed by atoms with Gasteiger partial charge in [0.2, 0.25) is 0 Å². The second-order valence-corrected chi connectivity index (χ2v) is 3.62. The number of amides is 1. The molecule has 2 aromatic rings. The molecule has 0 aliphatic carbocycles. The fourth-order valence-corrected chi connectivity index (χ4v) is 1.49. The molecule has 5 heteroatoms. The third-order valence-electron chi connectivity index (χ3n) is 2.05. The van der Waals surface area contributed by atoms with Crippen molar-refractivity contribution in [3.63, 3.8) is 0 Å². The van der Waals surface area contributed by atoms with Crippen LogP contribution in [0.4, 0.5) is 0 Å². The van der Waals surface area contributed by atoms with Gasteiger partial charge in [0, 0.05) is 24.2 Å². The van der Waals surface area contributed by atoms with Crippen LogP contribution in [0.2, 0.25) is 5.02 Å². The first-order valence-corrected chi connectivity index (χ1v) is 4.91. The van der Waals surface area contributed by atoms with Crippen molar-refractivity contribution in [2.75, 3.05) is 0 Å². The number of primary amides is 1. The summed E-state index contributed by atoms with van der Waals surface area (Å²) in [5, 5.41) is 0.537. The summed E-state index contributed by atoms with van der Waals surface area (Å²) in [4.78, 5) is 18.8. The number of hydrogen-bond donors (Lipinski definition) is 1. The van der Waals surface area contributed by atoms with Crippen LogP contribution in [0.15, 0.2) is 36.8 Å². The van der Waals surface area contributed by atoms with Gasteiger partial charge in [-0.1, -0.05) is 11.6 Å². The number of aromatic nitrogens is 2. The van der Waals surface area contributed by atoms with Gasteiger partial charge in [0.15, 0.2) is 0 Å². The lowest BCUT2D eigenvalue weighted by Crippen LogP contribution is -2.12. The van der Waals surface area contributed by atoms with E-state index in [1.165, 1.54) is 6.20 Å². The Kier molecular flexibility index (Phi) is 2.83. The predicted molar refractivity (Wildman–Crippen MR) is 61.0 cm³/mol. The minimum atomic E-state index is -0.558. The summed E-state index contributed by atoms with van der Waals surface area (Å²) in [7, 11) is 0. The van der Waals surface area contributed by atoms with Gasteiger partial charge in [-0.15, -0.1) is 0 Å². The highest BCUT2D eigenvalue weighted by molar-refractivity contribution is 6.30. The van der Waals surface area contributed by atoms with Crippen molar-refractivity contribution in [1.29, 1.82) is 0 Å². The average Bonchev–Trinajstić information content (AvgIpc) is 2.29. The number of rotatable bonds is 2. The highest BCUT2D eigenvalue weighted by Gasteiger charge is 2.05. The maximum absolute atomic E-state index is 11.0. The Bertz CT molecular complexity index is 542. The lowest BCUT2D eigenvalue weighted by atomic mass is 10.1. The van der Waals surface area contributed by atoms with Crippen molar-refractivity contribution in [2.24, 2.45) is 5.73 Å². The van der Waals surface area contributed by atoms with E-state index < -0.39 is 5.91 Å². The zero-order valence-corrected chi connectivity index (χ0v) is 8.98. The molecule has 4 nitrogen and oxygen atoms in total. The van der Waals surface area contributed by atoms with Gasteiger partial charge in [-0.3, -0.25) is 14.8 Å². The number of pyridine rings is 2. The third kappa shape index (κ3) is 2.17. The van der Waals surface area contributed by atoms with Crippen molar-refractivity contribution in [3.05, 3.63) is 47.5 Å². The van der Waals surface area contributed by atoms with Crippen molar-refractivity contribution in [1.82, 2.24) is 9.97 Å². The second kappa shape index (κ2) is 4.28. The van der Waals surface area contributed by atoms with E-state index in [1.54, 1.807) is 30.6 Å². The number of carbonyl (C=O) groups excluding carboxylic acids is 1. The molecule has 0 saturated carbocycles. The molecule has 0 aromatic carbocycles. The number of nitrogens with two attached hydrogens (primary N) is 1. The molecule has 80 valence electrons. The fourth-order valence-electron chi connectivity index (χ4n) is 1.31. The van der Waals surface area contributed by atoms with Gasteiger partial charge in [0.25, 0.3) is 5.91 Å². The van der Waals surface area contributed by atoms with Gasteiger partial charge in [-0.05, 0) is 23.8 Å². The SMILES string of the molecule is NC(=O)c1cc(-c2cncc(Cl)c2)ccn1. The van der Waals surface area contributed by atoms with Crippen molar-refractivity contribution < 1.29 is 4.79 Å². The summed E-state index contributed by atoms with van der Waals surface area (Å²) < 4.78 is 0. The zero-order valence-electron chi connectivity index (χ0n) is 8.22. The molecule has 2 aromatic heterocycles. The largest absolute Gasteiger partial charge is 0.364 e. The molecule has 2 heterocycles. The topological polar surface area (TPSA) is 68.9 Å². The standard InChI is InChI=1S/C11H8ClN3O/c12-9-3-8(5-14-6-9)7-1-2-15-10(4-7)11(13)16/h1-6H,(H2,13,16). The number of carbonyl (C=O) groups is 1. The van der Waals surface area contributed by atoms with Crippen LogP contribution in [-0.2, 0) is 0 Å². The van der Waals surface area contributed by atoms with E-state index in [0.717, 1.165) is 11.1 Å². The summed E-state index contributed by atoms with van der Waals surface area (Å²) >= 11 is 5.83. The zero-order chi connectivity index (χ0) is 11.5. The molecular weight excluding hydrogens is 226 g/mol. The molecule has 0 bridgehead atoms. The smallest absolute Gasteiger partial charge is 0.267 e. The molecular formula is C11H8ClN3O. The molecule has 2 rings (SSSR count). The quantitative estimate of drug-likeness (QED) is 0.861. The third-order valence-corrected chi connectivity index (χ3v) is 2.26. The predicted octanol–water partition coefficient (Wildman–Crippen LogP) is 1.90. The van der Waals surface area contributed by atoms with Gasteiger partial charge in [-0.25, -0.2) is 0 Å². The first-order valence-electron chi connectivity index (χ1n) is 4.53. The molecule has 0 saturated heterocycles. The minimum Gasteiger partial charge on any atom is -0.364 e. The molecule has 0 spiro atoms. The number of hydrogen-bond acceptors (Lipinski definition) is 3. The Morgan fingerprint density at radius 1 is 1.25 bits per heavy atom. The molecule has 0 atom stereocenters. The maximum Gasteiger partial charge on any atom is 0.267 e. The van der Waals surface area contributed by atoms with Crippen LogP contribution in [0.5, 0.6) is 0 Å². The van der Waals surface area contributed by atoms with Crippen LogP contribution in [0, 0.1) is 0 Å². The van der Waals surface area contributed by atoms with Gasteiger partial charge in [0.05, 0.1) is 5.02 Å². The molecule has 0 aliphatic rings. The van der Waals surface area contributed by atoms with Crippen LogP contribution in [0.1, 0.15) is 10.5 Å². The average molecular weight is 234 g/mol. The Labute approximate surface area is 97.1 Å². The van der Waals surface area contributed by atoms with E-state index in [-0.39, 0.29) is 5.69 Å². The molecule has 2 N–H and O–H groups in total. The normalized spacial score (nSPS) is 10.1. The molecule has 1 amide bonds. The van der Waals surface area contributed by atoms with Crippen molar-refractivity contribution in [2.45, 2.75) is 0 Å². The summed E-state index contributed by atoms with van der Waals surface area (Å²) in [6, 6.07) is 5.13. The summed E-state index contributed by atoms with van der Waals surface area (Å²) in [5.74, 6) is -0.558. The highest BCUT2D eigenvalue weighted by Crippen LogP contribution is 2.21. The Morgan fingerprint density at radius 3 is 2.75 bits per heavy atom. The van der Waals surface area contributed by atoms with Crippen LogP contribution < -0.4 is 5.73 Å². The molecule has 0 unspecified atom stereocenters. The minimum absolute atomic E-state index is 0.220. The van der Waals surface area contributed by atoms with E-state index in [9.17, 15) is 4.79 Å². The van der Waals surface area contributed by atoms with E-state index in [1.807, 2.05) is 0 Å². The van der Waals surface area contributed by atoms with Crippen molar-refractivity contribution in [3.8, 4) is 11.1 Å². The van der Waals surface area contributed by atoms with Gasteiger partial charge in [-0.2, -0.15) is 0 Å². The van der Waals surface area contributed by atoms with E-state index in [2.05, 4.69) is 9.97 Å². The van der Waals surface area contributed by atoms with Gasteiger partial charge in [0.1, 0.15) is 5.69 Å². The van der Waals surface area contributed by atoms with Crippen LogP contribution >= 0.6 is 11.6 Å². The molecule has 0 aliphatic heterocycles. The van der Waals surface area contributed by atoms with Gasteiger partial charge < -0.3 is 5.73 Å². The van der Waals surface area contributed by atoms with Gasteiger partial charge >= 0.3 is 0 Å². The van der Waals surface area contributed by atoms with Crippen molar-refractivity contribution >= 4 is 17.5 Å².